The number of rotatable bonds is 3. The van der Waals surface area contributed by atoms with Gasteiger partial charge in [-0.1, -0.05) is 47.5 Å². The zero-order chi connectivity index (χ0) is 11.4. The van der Waals surface area contributed by atoms with Crippen molar-refractivity contribution >= 4 is 21.5 Å². The first-order valence-electron chi connectivity index (χ1n) is 5.43. The lowest BCUT2D eigenvalue weighted by Crippen LogP contribution is -1.93. The highest BCUT2D eigenvalue weighted by atomic mass is 79.9. The van der Waals surface area contributed by atoms with Crippen LogP contribution in [0.3, 0.4) is 0 Å². The second-order valence-corrected chi connectivity index (χ2v) is 5.50. The molecule has 0 amide bonds. The first kappa shape index (κ1) is 12.5. The molecule has 0 heterocycles. The molecule has 0 bridgehead atoms. The van der Waals surface area contributed by atoms with E-state index in [9.17, 15) is 0 Å². The Morgan fingerprint density at radius 1 is 1.13 bits per heavy atom. The van der Waals surface area contributed by atoms with Crippen LogP contribution in [-0.2, 0) is 0 Å². The van der Waals surface area contributed by atoms with Gasteiger partial charge in [0.25, 0.3) is 0 Å². The third-order valence-electron chi connectivity index (χ3n) is 2.41. The summed E-state index contributed by atoms with van der Waals surface area (Å²) in [4.78, 5) is 0. The third kappa shape index (κ3) is 3.83. The minimum atomic E-state index is 0.707. The largest absolute Gasteiger partial charge is 0.0726 e. The number of halogens is 1. The van der Waals surface area contributed by atoms with Crippen molar-refractivity contribution in [3.8, 4) is 0 Å². The molecule has 1 aromatic rings. The quantitative estimate of drug-likeness (QED) is 0.698. The van der Waals surface area contributed by atoms with Gasteiger partial charge < -0.3 is 0 Å². The summed E-state index contributed by atoms with van der Waals surface area (Å²) in [5, 5.41) is 0. The lowest BCUT2D eigenvalue weighted by molar-refractivity contribution is 0.671. The molecule has 0 aliphatic heterocycles. The van der Waals surface area contributed by atoms with Gasteiger partial charge >= 0.3 is 0 Å². The molecular formula is C14H19Br. The summed E-state index contributed by atoms with van der Waals surface area (Å²) in [5.74, 6) is 0.707. The average molecular weight is 267 g/mol. The van der Waals surface area contributed by atoms with Crippen molar-refractivity contribution in [1.29, 1.82) is 0 Å². The number of hydrogen-bond donors (Lipinski definition) is 0. The molecule has 0 N–H and O–H groups in total. The van der Waals surface area contributed by atoms with Crippen LogP contribution in [0.4, 0.5) is 0 Å². The van der Waals surface area contributed by atoms with E-state index in [2.05, 4.69) is 67.9 Å². The van der Waals surface area contributed by atoms with Gasteiger partial charge in [0.05, 0.1) is 0 Å². The van der Waals surface area contributed by atoms with E-state index in [-0.39, 0.29) is 0 Å². The van der Waals surface area contributed by atoms with Crippen molar-refractivity contribution in [2.75, 3.05) is 0 Å². The van der Waals surface area contributed by atoms with E-state index in [4.69, 9.17) is 0 Å². The van der Waals surface area contributed by atoms with Crippen molar-refractivity contribution in [3.63, 3.8) is 0 Å². The predicted molar refractivity (Wildman–Crippen MR) is 71.9 cm³/mol. The zero-order valence-corrected chi connectivity index (χ0v) is 11.6. The molecule has 1 rings (SSSR count). The topological polar surface area (TPSA) is 0 Å². The van der Waals surface area contributed by atoms with Crippen LogP contribution in [0, 0.1) is 5.92 Å². The van der Waals surface area contributed by atoms with E-state index >= 15 is 0 Å². The van der Waals surface area contributed by atoms with Crippen LogP contribution in [0.2, 0.25) is 0 Å². The van der Waals surface area contributed by atoms with E-state index in [1.165, 1.54) is 16.7 Å². The summed E-state index contributed by atoms with van der Waals surface area (Å²) in [7, 11) is 0. The normalized spacial score (nSPS) is 10.5. The van der Waals surface area contributed by atoms with Gasteiger partial charge in [0, 0.05) is 4.47 Å². The number of allylic oxidation sites excluding steroid dienone is 2. The summed E-state index contributed by atoms with van der Waals surface area (Å²) >= 11 is 3.47. The molecule has 1 aromatic carbocycles. The second-order valence-electron chi connectivity index (χ2n) is 4.58. The Hall–Kier alpha value is -0.560. The highest BCUT2D eigenvalue weighted by Crippen LogP contribution is 2.26. The molecule has 0 aliphatic rings. The minimum Gasteiger partial charge on any atom is -0.0726 e. The maximum atomic E-state index is 3.47. The zero-order valence-electron chi connectivity index (χ0n) is 9.97. The minimum absolute atomic E-state index is 0.707. The van der Waals surface area contributed by atoms with Crippen LogP contribution < -0.4 is 0 Å². The lowest BCUT2D eigenvalue weighted by Gasteiger charge is -2.13. The summed E-state index contributed by atoms with van der Waals surface area (Å²) in [6, 6.07) is 8.60. The van der Waals surface area contributed by atoms with Gasteiger partial charge in [-0.15, -0.1) is 0 Å². The second kappa shape index (κ2) is 5.50. The number of benzene rings is 1. The average Bonchev–Trinajstić information content (AvgIpc) is 2.15. The molecule has 0 radical (unpaired) electrons. The Balaban J connectivity index is 3.01. The number of hydrogen-bond acceptors (Lipinski definition) is 0. The predicted octanol–water partition coefficient (Wildman–Crippen LogP) is 5.29. The molecule has 0 saturated carbocycles. The SMILES string of the molecule is CC(C)=C(CC(C)C)c1ccc(Br)cc1. The van der Waals surface area contributed by atoms with E-state index in [1.807, 2.05) is 0 Å². The highest BCUT2D eigenvalue weighted by molar-refractivity contribution is 9.10. The van der Waals surface area contributed by atoms with Crippen molar-refractivity contribution in [1.82, 2.24) is 0 Å². The fourth-order valence-corrected chi connectivity index (χ4v) is 1.93. The Kier molecular flexibility index (Phi) is 4.59. The van der Waals surface area contributed by atoms with E-state index < -0.39 is 0 Å². The molecule has 0 atom stereocenters. The Morgan fingerprint density at radius 3 is 2.07 bits per heavy atom. The van der Waals surface area contributed by atoms with Crippen molar-refractivity contribution in [2.45, 2.75) is 34.1 Å². The summed E-state index contributed by atoms with van der Waals surface area (Å²) < 4.78 is 1.14. The Morgan fingerprint density at radius 2 is 1.67 bits per heavy atom. The van der Waals surface area contributed by atoms with Crippen molar-refractivity contribution in [2.24, 2.45) is 5.92 Å². The summed E-state index contributed by atoms with van der Waals surface area (Å²) in [6.45, 7) is 8.92. The first-order valence-corrected chi connectivity index (χ1v) is 6.22. The Bertz CT molecular complexity index is 340. The van der Waals surface area contributed by atoms with Gasteiger partial charge in [0.1, 0.15) is 0 Å². The van der Waals surface area contributed by atoms with Gasteiger partial charge in [-0.2, -0.15) is 0 Å². The molecule has 0 unspecified atom stereocenters. The van der Waals surface area contributed by atoms with Crippen LogP contribution >= 0.6 is 15.9 Å². The molecule has 15 heavy (non-hydrogen) atoms. The van der Waals surface area contributed by atoms with Crippen molar-refractivity contribution in [3.05, 3.63) is 39.9 Å². The molecule has 82 valence electrons. The molecular weight excluding hydrogens is 248 g/mol. The van der Waals surface area contributed by atoms with Crippen LogP contribution in [0.15, 0.2) is 34.3 Å². The van der Waals surface area contributed by atoms with Crippen LogP contribution in [0.1, 0.15) is 39.7 Å². The standard InChI is InChI=1S/C14H19Br/c1-10(2)9-14(11(3)4)12-5-7-13(15)8-6-12/h5-8,10H,9H2,1-4H3. The van der Waals surface area contributed by atoms with Gasteiger partial charge in [0.2, 0.25) is 0 Å². The molecule has 0 aromatic heterocycles. The summed E-state index contributed by atoms with van der Waals surface area (Å²) in [5.41, 5.74) is 4.26. The van der Waals surface area contributed by atoms with Gasteiger partial charge in [-0.3, -0.25) is 0 Å². The van der Waals surface area contributed by atoms with Crippen molar-refractivity contribution < 1.29 is 0 Å². The molecule has 0 saturated heterocycles. The monoisotopic (exact) mass is 266 g/mol. The molecule has 0 spiro atoms. The van der Waals surface area contributed by atoms with E-state index in [0.717, 1.165) is 10.9 Å². The molecule has 1 heteroatoms. The first-order chi connectivity index (χ1) is 7.00. The molecule has 0 nitrogen and oxygen atoms in total. The Labute approximate surface area is 102 Å². The van der Waals surface area contributed by atoms with Crippen LogP contribution in [0.5, 0.6) is 0 Å². The van der Waals surface area contributed by atoms with Crippen LogP contribution in [0.25, 0.3) is 5.57 Å². The summed E-state index contributed by atoms with van der Waals surface area (Å²) in [6.07, 6.45) is 1.16. The molecule has 0 fully saturated rings. The van der Waals surface area contributed by atoms with E-state index in [0.29, 0.717) is 5.92 Å². The third-order valence-corrected chi connectivity index (χ3v) is 2.94. The lowest BCUT2D eigenvalue weighted by atomic mass is 9.93. The van der Waals surface area contributed by atoms with Gasteiger partial charge in [0.15, 0.2) is 0 Å². The van der Waals surface area contributed by atoms with Crippen LogP contribution in [-0.4, -0.2) is 0 Å². The smallest absolute Gasteiger partial charge is 0.0175 e. The fourth-order valence-electron chi connectivity index (χ4n) is 1.67. The maximum Gasteiger partial charge on any atom is 0.0175 e. The fraction of sp³-hybridized carbons (Fsp3) is 0.429. The van der Waals surface area contributed by atoms with E-state index in [1.54, 1.807) is 0 Å². The van der Waals surface area contributed by atoms with Gasteiger partial charge in [-0.05, 0) is 49.5 Å². The maximum absolute atomic E-state index is 3.47. The molecule has 0 aliphatic carbocycles. The van der Waals surface area contributed by atoms with Gasteiger partial charge in [-0.25, -0.2) is 0 Å². The highest BCUT2D eigenvalue weighted by Gasteiger charge is 2.06.